The van der Waals surface area contributed by atoms with Crippen LogP contribution in [0.2, 0.25) is 0 Å². The standard InChI is InChI=1S/C8H9NO2S/c1-5-3-4-6(2)8(12)7(5)9(10)11/h3-4,12H,1-2H3. The van der Waals surface area contributed by atoms with Crippen molar-refractivity contribution in [2.24, 2.45) is 0 Å². The Morgan fingerprint density at radius 3 is 2.25 bits per heavy atom. The summed E-state index contributed by atoms with van der Waals surface area (Å²) in [5.74, 6) is 0. The predicted octanol–water partition coefficient (Wildman–Crippen LogP) is 2.50. The summed E-state index contributed by atoms with van der Waals surface area (Å²) in [4.78, 5) is 10.6. The molecular formula is C8H9NO2S. The van der Waals surface area contributed by atoms with Crippen molar-refractivity contribution in [3.63, 3.8) is 0 Å². The minimum Gasteiger partial charge on any atom is -0.258 e. The molecule has 0 radical (unpaired) electrons. The van der Waals surface area contributed by atoms with Gasteiger partial charge in [-0.3, -0.25) is 10.1 Å². The van der Waals surface area contributed by atoms with Gasteiger partial charge in [0.2, 0.25) is 0 Å². The fourth-order valence-electron chi connectivity index (χ4n) is 1.01. The highest BCUT2D eigenvalue weighted by molar-refractivity contribution is 7.80. The molecule has 0 fully saturated rings. The number of nitro benzene ring substituents is 1. The fraction of sp³-hybridized carbons (Fsp3) is 0.250. The third-order valence-electron chi connectivity index (χ3n) is 1.74. The van der Waals surface area contributed by atoms with Crippen molar-refractivity contribution in [1.29, 1.82) is 0 Å². The Labute approximate surface area is 76.0 Å². The number of nitrogens with zero attached hydrogens (tertiary/aromatic N) is 1. The first-order valence-electron chi connectivity index (χ1n) is 3.47. The molecule has 64 valence electrons. The molecule has 1 aromatic carbocycles. The van der Waals surface area contributed by atoms with E-state index < -0.39 is 4.92 Å². The van der Waals surface area contributed by atoms with Crippen molar-refractivity contribution in [3.05, 3.63) is 33.4 Å². The molecule has 3 nitrogen and oxygen atoms in total. The lowest BCUT2D eigenvalue weighted by Gasteiger charge is -2.02. The molecule has 0 saturated carbocycles. The lowest BCUT2D eigenvalue weighted by atomic mass is 10.1. The second kappa shape index (κ2) is 3.15. The van der Waals surface area contributed by atoms with E-state index in [4.69, 9.17) is 0 Å². The van der Waals surface area contributed by atoms with E-state index >= 15 is 0 Å². The quantitative estimate of drug-likeness (QED) is 0.413. The molecule has 0 N–H and O–H groups in total. The average molecular weight is 183 g/mol. The first-order valence-corrected chi connectivity index (χ1v) is 3.92. The van der Waals surface area contributed by atoms with E-state index in [1.807, 2.05) is 6.07 Å². The van der Waals surface area contributed by atoms with E-state index in [1.165, 1.54) is 0 Å². The number of benzene rings is 1. The van der Waals surface area contributed by atoms with E-state index in [2.05, 4.69) is 12.6 Å². The third kappa shape index (κ3) is 1.43. The summed E-state index contributed by atoms with van der Waals surface area (Å²) in [7, 11) is 0. The second-order valence-electron chi connectivity index (χ2n) is 2.65. The van der Waals surface area contributed by atoms with Crippen LogP contribution in [0.25, 0.3) is 0 Å². The summed E-state index contributed by atoms with van der Waals surface area (Å²) in [6.45, 7) is 3.51. The fourth-order valence-corrected chi connectivity index (χ4v) is 1.34. The van der Waals surface area contributed by atoms with Crippen LogP contribution in [0, 0.1) is 24.0 Å². The minimum atomic E-state index is -0.398. The van der Waals surface area contributed by atoms with Gasteiger partial charge in [-0.1, -0.05) is 12.1 Å². The van der Waals surface area contributed by atoms with Gasteiger partial charge in [0.05, 0.1) is 9.82 Å². The Balaban J connectivity index is 3.43. The molecule has 0 heterocycles. The van der Waals surface area contributed by atoms with E-state index in [-0.39, 0.29) is 5.69 Å². The monoisotopic (exact) mass is 183 g/mol. The molecule has 12 heavy (non-hydrogen) atoms. The Morgan fingerprint density at radius 2 is 1.83 bits per heavy atom. The van der Waals surface area contributed by atoms with Crippen LogP contribution in [0.3, 0.4) is 0 Å². The maximum atomic E-state index is 10.6. The summed E-state index contributed by atoms with van der Waals surface area (Å²) in [6.07, 6.45) is 0. The van der Waals surface area contributed by atoms with E-state index in [1.54, 1.807) is 19.9 Å². The van der Waals surface area contributed by atoms with Crippen LogP contribution < -0.4 is 0 Å². The highest BCUT2D eigenvalue weighted by atomic mass is 32.1. The first-order chi connectivity index (χ1) is 5.54. The Morgan fingerprint density at radius 1 is 1.33 bits per heavy atom. The third-order valence-corrected chi connectivity index (χ3v) is 2.30. The van der Waals surface area contributed by atoms with Crippen molar-refractivity contribution in [1.82, 2.24) is 0 Å². The molecule has 0 atom stereocenters. The van der Waals surface area contributed by atoms with Crippen molar-refractivity contribution in [2.45, 2.75) is 18.7 Å². The smallest absolute Gasteiger partial charge is 0.258 e. The highest BCUT2D eigenvalue weighted by Gasteiger charge is 2.15. The Hall–Kier alpha value is -1.03. The number of hydrogen-bond donors (Lipinski definition) is 1. The van der Waals surface area contributed by atoms with Crippen molar-refractivity contribution < 1.29 is 4.92 Å². The molecule has 0 unspecified atom stereocenters. The van der Waals surface area contributed by atoms with Crippen LogP contribution in [-0.4, -0.2) is 4.92 Å². The molecule has 1 rings (SSSR count). The van der Waals surface area contributed by atoms with Gasteiger partial charge < -0.3 is 0 Å². The molecule has 1 aromatic rings. The minimum absolute atomic E-state index is 0.110. The van der Waals surface area contributed by atoms with E-state index in [9.17, 15) is 10.1 Å². The Bertz CT molecular complexity index is 336. The molecule has 4 heteroatoms. The van der Waals surface area contributed by atoms with Crippen molar-refractivity contribution in [3.8, 4) is 0 Å². The van der Waals surface area contributed by atoms with Crippen molar-refractivity contribution in [2.75, 3.05) is 0 Å². The second-order valence-corrected chi connectivity index (χ2v) is 3.10. The Kier molecular flexibility index (Phi) is 2.38. The van der Waals surface area contributed by atoms with Gasteiger partial charge >= 0.3 is 0 Å². The number of rotatable bonds is 1. The maximum Gasteiger partial charge on any atom is 0.285 e. The van der Waals surface area contributed by atoms with Gasteiger partial charge in [0.25, 0.3) is 5.69 Å². The summed E-state index contributed by atoms with van der Waals surface area (Å²) >= 11 is 4.08. The van der Waals surface area contributed by atoms with Gasteiger partial charge in [0.1, 0.15) is 0 Å². The highest BCUT2D eigenvalue weighted by Crippen LogP contribution is 2.28. The molecule has 0 bridgehead atoms. The molecule has 0 amide bonds. The topological polar surface area (TPSA) is 43.1 Å². The van der Waals surface area contributed by atoms with Crippen molar-refractivity contribution >= 4 is 18.3 Å². The predicted molar refractivity (Wildman–Crippen MR) is 49.8 cm³/mol. The zero-order valence-electron chi connectivity index (χ0n) is 6.87. The van der Waals surface area contributed by atoms with Gasteiger partial charge in [-0.15, -0.1) is 12.6 Å². The summed E-state index contributed by atoms with van der Waals surface area (Å²) in [5, 5.41) is 10.6. The van der Waals surface area contributed by atoms with Gasteiger partial charge in [-0.2, -0.15) is 0 Å². The molecule has 0 saturated heterocycles. The maximum absolute atomic E-state index is 10.6. The molecule has 0 aromatic heterocycles. The zero-order chi connectivity index (χ0) is 9.30. The summed E-state index contributed by atoms with van der Waals surface area (Å²) in [5.41, 5.74) is 1.59. The SMILES string of the molecule is Cc1ccc(C)c([N+](=O)[O-])c1S. The van der Waals surface area contributed by atoms with Crippen LogP contribution in [0.4, 0.5) is 5.69 Å². The van der Waals surface area contributed by atoms with Crippen LogP contribution in [-0.2, 0) is 0 Å². The number of aryl methyl sites for hydroxylation is 2. The number of hydrogen-bond acceptors (Lipinski definition) is 3. The van der Waals surface area contributed by atoms with Gasteiger partial charge in [0.15, 0.2) is 0 Å². The summed E-state index contributed by atoms with van der Waals surface area (Å²) < 4.78 is 0. The normalized spacial score (nSPS) is 9.92. The molecule has 0 aliphatic carbocycles. The number of thiol groups is 1. The molecule has 0 spiro atoms. The average Bonchev–Trinajstić information content (AvgIpc) is 1.97. The van der Waals surface area contributed by atoms with Gasteiger partial charge in [-0.05, 0) is 19.4 Å². The van der Waals surface area contributed by atoms with Gasteiger partial charge in [-0.25, -0.2) is 0 Å². The zero-order valence-corrected chi connectivity index (χ0v) is 7.76. The van der Waals surface area contributed by atoms with E-state index in [0.29, 0.717) is 10.5 Å². The molecule has 0 aliphatic heterocycles. The number of nitro groups is 1. The first kappa shape index (κ1) is 9.06. The lowest BCUT2D eigenvalue weighted by Crippen LogP contribution is -1.94. The molecular weight excluding hydrogens is 174 g/mol. The molecule has 0 aliphatic rings. The largest absolute Gasteiger partial charge is 0.285 e. The van der Waals surface area contributed by atoms with Crippen LogP contribution in [0.15, 0.2) is 17.0 Å². The van der Waals surface area contributed by atoms with Crippen LogP contribution in [0.1, 0.15) is 11.1 Å². The van der Waals surface area contributed by atoms with Gasteiger partial charge in [0, 0.05) is 5.56 Å². The van der Waals surface area contributed by atoms with Crippen LogP contribution >= 0.6 is 12.6 Å². The summed E-state index contributed by atoms with van der Waals surface area (Å²) in [6, 6.07) is 3.55. The van der Waals surface area contributed by atoms with Crippen LogP contribution in [0.5, 0.6) is 0 Å². The lowest BCUT2D eigenvalue weighted by molar-refractivity contribution is -0.388. The van der Waals surface area contributed by atoms with E-state index in [0.717, 1.165) is 5.56 Å².